The van der Waals surface area contributed by atoms with E-state index in [1.165, 1.54) is 24.2 Å². The smallest absolute Gasteiger partial charge is 0.350 e. The fourth-order valence-corrected chi connectivity index (χ4v) is 3.33. The Morgan fingerprint density at radius 1 is 1.44 bits per heavy atom. The van der Waals surface area contributed by atoms with Gasteiger partial charge in [-0.1, -0.05) is 0 Å². The largest absolute Gasteiger partial charge is 0.462 e. The lowest BCUT2D eigenvalue weighted by Gasteiger charge is -2.16. The van der Waals surface area contributed by atoms with E-state index < -0.39 is 0 Å². The molecular formula is C18H31IN4O3S. The molecule has 9 heteroatoms. The minimum atomic E-state index is -0.311. The van der Waals surface area contributed by atoms with Gasteiger partial charge in [0, 0.05) is 26.8 Å². The lowest BCUT2D eigenvalue weighted by molar-refractivity contribution is 0.0531. The van der Waals surface area contributed by atoms with Gasteiger partial charge in [0.05, 0.1) is 18.3 Å². The number of carbonyl (C=O) groups is 1. The Bertz CT molecular complexity index is 620. The number of nitrogens with one attached hydrogen (secondary N) is 2. The highest BCUT2D eigenvalue weighted by atomic mass is 127. The van der Waals surface area contributed by atoms with Gasteiger partial charge in [0.2, 0.25) is 0 Å². The second-order valence-electron chi connectivity index (χ2n) is 6.42. The van der Waals surface area contributed by atoms with Crippen molar-refractivity contribution in [3.63, 3.8) is 0 Å². The summed E-state index contributed by atoms with van der Waals surface area (Å²) < 4.78 is 10.7. The van der Waals surface area contributed by atoms with Crippen LogP contribution in [-0.4, -0.2) is 50.3 Å². The van der Waals surface area contributed by atoms with Crippen LogP contribution in [0, 0.1) is 12.8 Å². The van der Waals surface area contributed by atoms with Crippen LogP contribution in [-0.2, 0) is 9.47 Å². The average Bonchev–Trinajstić information content (AvgIpc) is 3.36. The first-order valence-corrected chi connectivity index (χ1v) is 10.1. The summed E-state index contributed by atoms with van der Waals surface area (Å²) in [6.07, 6.45) is 3.58. The number of esters is 1. The van der Waals surface area contributed by atoms with Crippen LogP contribution in [0.1, 0.15) is 59.5 Å². The highest BCUT2D eigenvalue weighted by Crippen LogP contribution is 2.28. The molecule has 7 nitrogen and oxygen atoms in total. The molecule has 0 saturated heterocycles. The highest BCUT2D eigenvalue weighted by molar-refractivity contribution is 14.0. The van der Waals surface area contributed by atoms with Gasteiger partial charge in [0.15, 0.2) is 5.96 Å². The van der Waals surface area contributed by atoms with E-state index >= 15 is 0 Å². The molecule has 1 aromatic rings. The Hall–Kier alpha value is -0.940. The first-order chi connectivity index (χ1) is 12.5. The van der Waals surface area contributed by atoms with E-state index in [0.717, 1.165) is 37.1 Å². The minimum absolute atomic E-state index is 0. The first kappa shape index (κ1) is 24.1. The van der Waals surface area contributed by atoms with E-state index in [1.54, 1.807) is 14.0 Å². The predicted molar refractivity (Wildman–Crippen MR) is 119 cm³/mol. The summed E-state index contributed by atoms with van der Waals surface area (Å²) >= 11 is 1.36. The summed E-state index contributed by atoms with van der Waals surface area (Å²) in [5, 5.41) is 7.42. The third-order valence-electron chi connectivity index (χ3n) is 4.03. The molecule has 1 saturated carbocycles. The normalized spacial score (nSPS) is 15.0. The maximum absolute atomic E-state index is 11.9. The van der Waals surface area contributed by atoms with Gasteiger partial charge in [-0.05, 0) is 46.0 Å². The fourth-order valence-electron chi connectivity index (χ4n) is 2.37. The standard InChI is InChI=1S/C18H30N4O3S.HI/c1-5-25-17(23)15-12(2)21-16(26-15)13(3)22-18(19-4)20-9-6-10-24-11-14-7-8-14;/h13-14H,5-11H2,1-4H3,(H2,19,20,22);1H. The molecule has 1 unspecified atom stereocenters. The fraction of sp³-hybridized carbons (Fsp3) is 0.722. The van der Waals surface area contributed by atoms with Crippen molar-refractivity contribution in [3.05, 3.63) is 15.6 Å². The molecule has 0 amide bonds. The first-order valence-electron chi connectivity index (χ1n) is 9.24. The van der Waals surface area contributed by atoms with Gasteiger partial charge in [0.1, 0.15) is 9.88 Å². The Morgan fingerprint density at radius 2 is 2.19 bits per heavy atom. The summed E-state index contributed by atoms with van der Waals surface area (Å²) in [6, 6.07) is -0.0563. The third kappa shape index (κ3) is 8.30. The molecule has 2 rings (SSSR count). The Kier molecular flexibility index (Phi) is 11.2. The zero-order chi connectivity index (χ0) is 18.9. The monoisotopic (exact) mass is 510 g/mol. The number of carbonyl (C=O) groups excluding carboxylic acids is 1. The van der Waals surface area contributed by atoms with Gasteiger partial charge >= 0.3 is 5.97 Å². The summed E-state index contributed by atoms with van der Waals surface area (Å²) in [6.45, 7) is 8.45. The minimum Gasteiger partial charge on any atom is -0.462 e. The molecule has 1 atom stereocenters. The number of nitrogens with zero attached hydrogens (tertiary/aromatic N) is 2. The van der Waals surface area contributed by atoms with Gasteiger partial charge < -0.3 is 20.1 Å². The summed E-state index contributed by atoms with van der Waals surface area (Å²) in [4.78, 5) is 21.2. The molecule has 2 N–H and O–H groups in total. The van der Waals surface area contributed by atoms with Crippen molar-refractivity contribution in [2.75, 3.05) is 33.4 Å². The van der Waals surface area contributed by atoms with E-state index in [9.17, 15) is 4.79 Å². The van der Waals surface area contributed by atoms with E-state index in [0.29, 0.717) is 23.1 Å². The van der Waals surface area contributed by atoms with Gasteiger partial charge in [-0.2, -0.15) is 0 Å². The van der Waals surface area contributed by atoms with E-state index in [2.05, 4.69) is 20.6 Å². The predicted octanol–water partition coefficient (Wildman–Crippen LogP) is 3.29. The Balaban J connectivity index is 0.00000364. The molecule has 0 aromatic carbocycles. The highest BCUT2D eigenvalue weighted by Gasteiger charge is 2.21. The van der Waals surface area contributed by atoms with E-state index in [4.69, 9.17) is 9.47 Å². The molecule has 0 aliphatic heterocycles. The number of rotatable bonds is 10. The lowest BCUT2D eigenvalue weighted by atomic mass is 10.3. The Labute approximate surface area is 182 Å². The van der Waals surface area contributed by atoms with Crippen molar-refractivity contribution in [2.45, 2.75) is 46.1 Å². The van der Waals surface area contributed by atoms with Crippen molar-refractivity contribution < 1.29 is 14.3 Å². The van der Waals surface area contributed by atoms with Crippen LogP contribution in [0.2, 0.25) is 0 Å². The number of halogens is 1. The molecule has 154 valence electrons. The number of guanidine groups is 1. The number of aliphatic imine (C=N–C) groups is 1. The number of aromatic nitrogens is 1. The van der Waals surface area contributed by atoms with E-state index in [1.807, 2.05) is 13.8 Å². The van der Waals surface area contributed by atoms with E-state index in [-0.39, 0.29) is 36.0 Å². The van der Waals surface area contributed by atoms with Crippen LogP contribution < -0.4 is 10.6 Å². The van der Waals surface area contributed by atoms with Gasteiger partial charge in [-0.3, -0.25) is 4.99 Å². The summed E-state index contributed by atoms with van der Waals surface area (Å²) in [7, 11) is 1.74. The molecular weight excluding hydrogens is 479 g/mol. The van der Waals surface area contributed by atoms with Crippen molar-refractivity contribution in [1.29, 1.82) is 0 Å². The molecule has 1 aliphatic carbocycles. The average molecular weight is 510 g/mol. The summed E-state index contributed by atoms with van der Waals surface area (Å²) in [5.74, 6) is 1.21. The van der Waals surface area contributed by atoms with Crippen LogP contribution in [0.5, 0.6) is 0 Å². The van der Waals surface area contributed by atoms with Gasteiger partial charge in [0.25, 0.3) is 0 Å². The maximum atomic E-state index is 11.9. The molecule has 0 spiro atoms. The van der Waals surface area contributed by atoms with Crippen molar-refractivity contribution in [2.24, 2.45) is 10.9 Å². The van der Waals surface area contributed by atoms with Gasteiger partial charge in [-0.15, -0.1) is 35.3 Å². The number of aryl methyl sites for hydroxylation is 1. The quantitative estimate of drug-likeness (QED) is 0.165. The van der Waals surface area contributed by atoms with Gasteiger partial charge in [-0.25, -0.2) is 9.78 Å². The van der Waals surface area contributed by atoms with Crippen LogP contribution in [0.15, 0.2) is 4.99 Å². The molecule has 1 heterocycles. The zero-order valence-corrected chi connectivity index (χ0v) is 19.7. The van der Waals surface area contributed by atoms with Crippen molar-refractivity contribution in [3.8, 4) is 0 Å². The van der Waals surface area contributed by atoms with Crippen LogP contribution >= 0.6 is 35.3 Å². The molecule has 0 radical (unpaired) electrons. The SMILES string of the molecule is CCOC(=O)c1sc(C(C)NC(=NC)NCCCOCC2CC2)nc1C.I. The summed E-state index contributed by atoms with van der Waals surface area (Å²) in [5.41, 5.74) is 0.702. The maximum Gasteiger partial charge on any atom is 0.350 e. The molecule has 1 aromatic heterocycles. The van der Waals surface area contributed by atoms with Crippen LogP contribution in [0.4, 0.5) is 0 Å². The number of thiazole rings is 1. The number of ether oxygens (including phenoxy) is 2. The topological polar surface area (TPSA) is 84.8 Å². The van der Waals surface area contributed by atoms with Crippen LogP contribution in [0.3, 0.4) is 0 Å². The van der Waals surface area contributed by atoms with Crippen molar-refractivity contribution in [1.82, 2.24) is 15.6 Å². The van der Waals surface area contributed by atoms with Crippen LogP contribution in [0.25, 0.3) is 0 Å². The Morgan fingerprint density at radius 3 is 2.81 bits per heavy atom. The number of hydrogen-bond acceptors (Lipinski definition) is 6. The molecule has 1 fully saturated rings. The number of hydrogen-bond donors (Lipinski definition) is 2. The molecule has 0 bridgehead atoms. The second kappa shape index (κ2) is 12.5. The molecule has 27 heavy (non-hydrogen) atoms. The lowest BCUT2D eigenvalue weighted by Crippen LogP contribution is -2.39. The second-order valence-corrected chi connectivity index (χ2v) is 7.45. The zero-order valence-electron chi connectivity index (χ0n) is 16.5. The molecule has 1 aliphatic rings. The van der Waals surface area contributed by atoms with Crippen molar-refractivity contribution >= 4 is 47.2 Å². The third-order valence-corrected chi connectivity index (χ3v) is 5.35.